The summed E-state index contributed by atoms with van der Waals surface area (Å²) >= 11 is 2.07. The number of hydrogen-bond donors (Lipinski definition) is 2. The quantitative estimate of drug-likeness (QED) is 0.673. The summed E-state index contributed by atoms with van der Waals surface area (Å²) in [5, 5.41) is 3.89. The summed E-state index contributed by atoms with van der Waals surface area (Å²) in [5.74, 6) is 0.899. The molecule has 0 spiro atoms. The number of rotatable bonds is 7. The Kier molecular flexibility index (Phi) is 5.62. The smallest absolute Gasteiger partial charge is 0.237 e. The van der Waals surface area contributed by atoms with Crippen LogP contribution in [0.15, 0.2) is 0 Å². The topological polar surface area (TPSA) is 55.1 Å². The van der Waals surface area contributed by atoms with Gasteiger partial charge in [0.05, 0.1) is 5.54 Å². The molecule has 0 bridgehead atoms. The number of amides is 1. The maximum Gasteiger partial charge on any atom is 0.237 e. The molecule has 16 heavy (non-hydrogen) atoms. The van der Waals surface area contributed by atoms with Gasteiger partial charge in [0.25, 0.3) is 0 Å². The summed E-state index contributed by atoms with van der Waals surface area (Å²) in [7, 11) is 1.80. The first-order chi connectivity index (χ1) is 7.58. The number of primary amides is 1. The predicted molar refractivity (Wildman–Crippen MR) is 70.6 cm³/mol. The lowest BCUT2D eigenvalue weighted by Gasteiger charge is -2.25. The number of thioether (sulfide) groups is 1. The molecule has 3 N–H and O–H groups in total. The minimum Gasteiger partial charge on any atom is -0.368 e. The van der Waals surface area contributed by atoms with Gasteiger partial charge in [-0.2, -0.15) is 11.8 Å². The van der Waals surface area contributed by atoms with Gasteiger partial charge in [-0.15, -0.1) is 0 Å². The van der Waals surface area contributed by atoms with Crippen molar-refractivity contribution in [2.24, 2.45) is 5.73 Å². The van der Waals surface area contributed by atoms with Gasteiger partial charge in [0.15, 0.2) is 0 Å². The van der Waals surface area contributed by atoms with Crippen LogP contribution in [0.3, 0.4) is 0 Å². The molecular formula is C12H24N2OS. The molecule has 1 rings (SSSR count). The zero-order chi connectivity index (χ0) is 12.0. The molecule has 1 amide bonds. The summed E-state index contributed by atoms with van der Waals surface area (Å²) in [6, 6.07) is 0. The van der Waals surface area contributed by atoms with Crippen LogP contribution < -0.4 is 11.1 Å². The molecule has 1 aliphatic carbocycles. The Bertz CT molecular complexity index is 229. The largest absolute Gasteiger partial charge is 0.368 e. The van der Waals surface area contributed by atoms with Gasteiger partial charge >= 0.3 is 0 Å². The van der Waals surface area contributed by atoms with E-state index >= 15 is 0 Å². The van der Waals surface area contributed by atoms with Crippen molar-refractivity contribution in [1.82, 2.24) is 5.32 Å². The van der Waals surface area contributed by atoms with Gasteiger partial charge in [0.2, 0.25) is 5.91 Å². The summed E-state index contributed by atoms with van der Waals surface area (Å²) in [4.78, 5) is 11.3. The van der Waals surface area contributed by atoms with Crippen molar-refractivity contribution in [3.63, 3.8) is 0 Å². The molecular weight excluding hydrogens is 220 g/mol. The Morgan fingerprint density at radius 2 is 2.12 bits per heavy atom. The molecule has 1 fully saturated rings. The van der Waals surface area contributed by atoms with E-state index in [1.165, 1.54) is 25.7 Å². The van der Waals surface area contributed by atoms with Gasteiger partial charge in [-0.3, -0.25) is 4.79 Å². The van der Waals surface area contributed by atoms with Crippen LogP contribution in [0.5, 0.6) is 0 Å². The maximum atomic E-state index is 11.3. The molecule has 0 aromatic carbocycles. The van der Waals surface area contributed by atoms with Crippen LogP contribution in [-0.2, 0) is 4.79 Å². The highest BCUT2D eigenvalue weighted by molar-refractivity contribution is 7.99. The first-order valence-electron chi connectivity index (χ1n) is 6.19. The predicted octanol–water partition coefficient (Wildman–Crippen LogP) is 1.91. The standard InChI is InChI=1S/C12H24N2OS/c1-12(14-2,11(13)15)8-5-9-16-10-6-3-4-7-10/h10,14H,3-9H2,1-2H3,(H2,13,15). The normalized spacial score (nSPS) is 20.9. The average Bonchev–Trinajstić information content (AvgIpc) is 2.76. The first kappa shape index (κ1) is 13.8. The van der Waals surface area contributed by atoms with Crippen molar-refractivity contribution in [2.45, 2.75) is 56.2 Å². The number of hydrogen-bond acceptors (Lipinski definition) is 3. The Morgan fingerprint density at radius 3 is 2.62 bits per heavy atom. The third-order valence-corrected chi connectivity index (χ3v) is 5.04. The number of nitrogens with one attached hydrogen (secondary N) is 1. The van der Waals surface area contributed by atoms with E-state index in [0.29, 0.717) is 0 Å². The second-order valence-electron chi connectivity index (χ2n) is 4.83. The van der Waals surface area contributed by atoms with E-state index in [1.807, 2.05) is 6.92 Å². The Labute approximate surface area is 103 Å². The lowest BCUT2D eigenvalue weighted by molar-refractivity contribution is -0.123. The van der Waals surface area contributed by atoms with Crippen molar-refractivity contribution in [3.05, 3.63) is 0 Å². The van der Waals surface area contributed by atoms with Gasteiger partial charge in [-0.25, -0.2) is 0 Å². The molecule has 0 aromatic heterocycles. The van der Waals surface area contributed by atoms with Crippen molar-refractivity contribution in [2.75, 3.05) is 12.8 Å². The van der Waals surface area contributed by atoms with E-state index in [2.05, 4.69) is 17.1 Å². The molecule has 94 valence electrons. The van der Waals surface area contributed by atoms with Gasteiger partial charge in [0.1, 0.15) is 0 Å². The fourth-order valence-corrected chi connectivity index (χ4v) is 3.41. The molecule has 1 unspecified atom stereocenters. The van der Waals surface area contributed by atoms with E-state index in [4.69, 9.17) is 5.73 Å². The second-order valence-corrected chi connectivity index (χ2v) is 6.24. The highest BCUT2D eigenvalue weighted by atomic mass is 32.2. The van der Waals surface area contributed by atoms with Crippen LogP contribution in [0, 0.1) is 0 Å². The maximum absolute atomic E-state index is 11.3. The molecule has 3 nitrogen and oxygen atoms in total. The lowest BCUT2D eigenvalue weighted by Crippen LogP contribution is -2.51. The zero-order valence-corrected chi connectivity index (χ0v) is 11.2. The van der Waals surface area contributed by atoms with Crippen molar-refractivity contribution in [1.29, 1.82) is 0 Å². The van der Waals surface area contributed by atoms with Crippen LogP contribution in [0.4, 0.5) is 0 Å². The Hall–Kier alpha value is -0.220. The molecule has 1 atom stereocenters. The third-order valence-electron chi connectivity index (χ3n) is 3.57. The second kappa shape index (κ2) is 6.50. The SMILES string of the molecule is CNC(C)(CCCSC1CCCC1)C(N)=O. The van der Waals surface area contributed by atoms with E-state index in [1.54, 1.807) is 7.05 Å². The van der Waals surface area contributed by atoms with Crippen molar-refractivity contribution in [3.8, 4) is 0 Å². The van der Waals surface area contributed by atoms with Crippen molar-refractivity contribution < 1.29 is 4.79 Å². The molecule has 0 radical (unpaired) electrons. The van der Waals surface area contributed by atoms with Crippen LogP contribution in [0.1, 0.15) is 45.4 Å². The monoisotopic (exact) mass is 244 g/mol. The fourth-order valence-electron chi connectivity index (χ4n) is 2.10. The highest BCUT2D eigenvalue weighted by Gasteiger charge is 2.28. The number of carbonyl (C=O) groups excluding carboxylic acids is 1. The summed E-state index contributed by atoms with van der Waals surface area (Å²) < 4.78 is 0. The van der Waals surface area contributed by atoms with Crippen LogP contribution in [0.2, 0.25) is 0 Å². The van der Waals surface area contributed by atoms with Crippen LogP contribution in [-0.4, -0.2) is 29.5 Å². The number of nitrogens with two attached hydrogens (primary N) is 1. The molecule has 0 saturated heterocycles. The molecule has 4 heteroatoms. The summed E-state index contributed by atoms with van der Waals surface area (Å²) in [6.07, 6.45) is 7.44. The van der Waals surface area contributed by atoms with Gasteiger partial charge in [-0.05, 0) is 45.4 Å². The third kappa shape index (κ3) is 3.98. The number of likely N-dealkylation sites (N-methyl/N-ethyl adjacent to an activating group) is 1. The molecule has 0 aromatic rings. The Balaban J connectivity index is 2.15. The summed E-state index contributed by atoms with van der Waals surface area (Å²) in [6.45, 7) is 1.88. The molecule has 0 heterocycles. The van der Waals surface area contributed by atoms with E-state index < -0.39 is 5.54 Å². The van der Waals surface area contributed by atoms with E-state index in [9.17, 15) is 4.79 Å². The molecule has 0 aliphatic heterocycles. The molecule has 1 saturated carbocycles. The summed E-state index contributed by atoms with van der Waals surface area (Å²) in [5.41, 5.74) is 4.85. The highest BCUT2D eigenvalue weighted by Crippen LogP contribution is 2.30. The average molecular weight is 244 g/mol. The van der Waals surface area contributed by atoms with Crippen LogP contribution in [0.25, 0.3) is 0 Å². The Morgan fingerprint density at radius 1 is 1.50 bits per heavy atom. The van der Waals surface area contributed by atoms with Gasteiger partial charge in [-0.1, -0.05) is 12.8 Å². The van der Waals surface area contributed by atoms with Crippen LogP contribution >= 0.6 is 11.8 Å². The minimum atomic E-state index is -0.532. The molecule has 1 aliphatic rings. The first-order valence-corrected chi connectivity index (χ1v) is 7.24. The minimum absolute atomic E-state index is 0.249. The van der Waals surface area contributed by atoms with Crippen molar-refractivity contribution >= 4 is 17.7 Å². The van der Waals surface area contributed by atoms with E-state index in [0.717, 1.165) is 23.8 Å². The van der Waals surface area contributed by atoms with E-state index in [-0.39, 0.29) is 5.91 Å². The zero-order valence-electron chi connectivity index (χ0n) is 10.4. The fraction of sp³-hybridized carbons (Fsp3) is 0.917. The van der Waals surface area contributed by atoms with Gasteiger partial charge in [0, 0.05) is 5.25 Å². The van der Waals surface area contributed by atoms with Gasteiger partial charge < -0.3 is 11.1 Å². The number of carbonyl (C=O) groups is 1. The lowest BCUT2D eigenvalue weighted by atomic mass is 9.96.